The first kappa shape index (κ1) is 18.3. The number of piperidine rings is 1. The van der Waals surface area contributed by atoms with Crippen molar-refractivity contribution in [2.75, 3.05) is 24.5 Å². The molecule has 1 aromatic heterocycles. The first-order valence-corrected chi connectivity index (χ1v) is 10.5. The van der Waals surface area contributed by atoms with E-state index in [1.54, 1.807) is 16.2 Å². The van der Waals surface area contributed by atoms with E-state index in [4.69, 9.17) is 11.6 Å². The standard InChI is InChI=1S/C20H22ClN3O2S/c21-15-5-6-18-14(11-15)7-9-24(18)20(26)22-16-3-1-8-23(13-16)19(25)12-17-4-2-10-27-17/h2,4-6,10-11,16H,1,3,7-9,12-13H2,(H,22,26). The second-order valence-electron chi connectivity index (χ2n) is 7.06. The van der Waals surface area contributed by atoms with Gasteiger partial charge in [-0.2, -0.15) is 0 Å². The van der Waals surface area contributed by atoms with Crippen molar-refractivity contribution in [1.29, 1.82) is 0 Å². The van der Waals surface area contributed by atoms with Gasteiger partial charge in [0.2, 0.25) is 5.91 Å². The number of halogens is 1. The van der Waals surface area contributed by atoms with Gasteiger partial charge in [0.25, 0.3) is 0 Å². The maximum absolute atomic E-state index is 12.8. The van der Waals surface area contributed by atoms with Gasteiger partial charge in [-0.15, -0.1) is 11.3 Å². The van der Waals surface area contributed by atoms with Crippen molar-refractivity contribution in [3.8, 4) is 0 Å². The number of nitrogens with one attached hydrogen (secondary N) is 1. The average molecular weight is 404 g/mol. The predicted octanol–water partition coefficient (Wildman–Crippen LogP) is 3.71. The molecule has 4 rings (SSSR count). The summed E-state index contributed by atoms with van der Waals surface area (Å²) >= 11 is 7.65. The molecule has 1 aromatic carbocycles. The molecule has 3 amide bonds. The molecule has 2 aromatic rings. The molecule has 1 atom stereocenters. The van der Waals surface area contributed by atoms with E-state index in [0.29, 0.717) is 24.5 Å². The van der Waals surface area contributed by atoms with Crippen LogP contribution >= 0.6 is 22.9 Å². The molecule has 142 valence electrons. The zero-order chi connectivity index (χ0) is 18.8. The summed E-state index contributed by atoms with van der Waals surface area (Å²) in [6, 6.07) is 9.51. The Morgan fingerprint density at radius 3 is 2.96 bits per heavy atom. The molecule has 7 heteroatoms. The Balaban J connectivity index is 1.36. The highest BCUT2D eigenvalue weighted by Gasteiger charge is 2.29. The number of hydrogen-bond acceptors (Lipinski definition) is 3. The van der Waals surface area contributed by atoms with E-state index in [-0.39, 0.29) is 18.0 Å². The van der Waals surface area contributed by atoms with E-state index in [1.165, 1.54) is 0 Å². The lowest BCUT2D eigenvalue weighted by molar-refractivity contribution is -0.131. The number of anilines is 1. The van der Waals surface area contributed by atoms with Crippen molar-refractivity contribution in [3.05, 3.63) is 51.2 Å². The molecule has 1 fully saturated rings. The lowest BCUT2D eigenvalue weighted by Gasteiger charge is -2.34. The van der Waals surface area contributed by atoms with E-state index in [0.717, 1.165) is 41.9 Å². The molecule has 1 saturated heterocycles. The summed E-state index contributed by atoms with van der Waals surface area (Å²) < 4.78 is 0. The predicted molar refractivity (Wildman–Crippen MR) is 109 cm³/mol. The maximum atomic E-state index is 12.8. The van der Waals surface area contributed by atoms with Gasteiger partial charge in [0, 0.05) is 41.3 Å². The number of likely N-dealkylation sites (tertiary alicyclic amines) is 1. The molecule has 2 aliphatic rings. The minimum atomic E-state index is -0.0892. The quantitative estimate of drug-likeness (QED) is 0.849. The molecule has 0 aliphatic carbocycles. The molecule has 3 heterocycles. The molecular weight excluding hydrogens is 382 g/mol. The Labute approximate surface area is 167 Å². The Morgan fingerprint density at radius 1 is 1.26 bits per heavy atom. The molecule has 0 spiro atoms. The van der Waals surface area contributed by atoms with Gasteiger partial charge in [0.1, 0.15) is 0 Å². The molecule has 1 N–H and O–H groups in total. The summed E-state index contributed by atoms with van der Waals surface area (Å²) in [6.45, 7) is 2.01. The number of rotatable bonds is 3. The van der Waals surface area contributed by atoms with Crippen molar-refractivity contribution < 1.29 is 9.59 Å². The van der Waals surface area contributed by atoms with Crippen LogP contribution in [0.25, 0.3) is 0 Å². The molecule has 5 nitrogen and oxygen atoms in total. The summed E-state index contributed by atoms with van der Waals surface area (Å²) in [6.07, 6.45) is 3.07. The third kappa shape index (κ3) is 4.12. The number of carbonyl (C=O) groups is 2. The van der Waals surface area contributed by atoms with Crippen LogP contribution in [0.15, 0.2) is 35.7 Å². The zero-order valence-corrected chi connectivity index (χ0v) is 16.6. The van der Waals surface area contributed by atoms with Gasteiger partial charge >= 0.3 is 6.03 Å². The van der Waals surface area contributed by atoms with Gasteiger partial charge in [0.05, 0.1) is 6.42 Å². The highest BCUT2D eigenvalue weighted by atomic mass is 35.5. The third-order valence-corrected chi connectivity index (χ3v) is 6.30. The van der Waals surface area contributed by atoms with Gasteiger partial charge in [-0.3, -0.25) is 9.69 Å². The summed E-state index contributed by atoms with van der Waals surface area (Å²) in [5.74, 6) is 0.137. The van der Waals surface area contributed by atoms with E-state index in [9.17, 15) is 9.59 Å². The van der Waals surface area contributed by atoms with E-state index in [1.807, 2.05) is 40.6 Å². The topological polar surface area (TPSA) is 52.7 Å². The van der Waals surface area contributed by atoms with Gasteiger partial charge in [0.15, 0.2) is 0 Å². The first-order valence-electron chi connectivity index (χ1n) is 9.27. The van der Waals surface area contributed by atoms with Crippen LogP contribution in [0.1, 0.15) is 23.3 Å². The number of fused-ring (bicyclic) bond motifs is 1. The fourth-order valence-electron chi connectivity index (χ4n) is 3.83. The monoisotopic (exact) mass is 403 g/mol. The molecule has 1 unspecified atom stereocenters. The number of thiophene rings is 1. The minimum Gasteiger partial charge on any atom is -0.340 e. The number of hydrogen-bond donors (Lipinski definition) is 1. The number of nitrogens with zero attached hydrogens (tertiary/aromatic N) is 2. The van der Waals surface area contributed by atoms with Gasteiger partial charge in [-0.05, 0) is 54.5 Å². The second kappa shape index (κ2) is 7.90. The van der Waals surface area contributed by atoms with Gasteiger partial charge < -0.3 is 10.2 Å². The van der Waals surface area contributed by atoms with Crippen molar-refractivity contribution in [1.82, 2.24) is 10.2 Å². The highest BCUT2D eigenvalue weighted by Crippen LogP contribution is 2.30. The smallest absolute Gasteiger partial charge is 0.322 e. The molecule has 27 heavy (non-hydrogen) atoms. The minimum absolute atomic E-state index is 0.00474. The first-order chi connectivity index (χ1) is 13.1. The second-order valence-corrected chi connectivity index (χ2v) is 8.53. The van der Waals surface area contributed by atoms with Crippen LogP contribution in [-0.4, -0.2) is 42.5 Å². The van der Waals surface area contributed by atoms with Crippen molar-refractivity contribution in [2.45, 2.75) is 31.7 Å². The molecule has 0 bridgehead atoms. The van der Waals surface area contributed by atoms with Crippen molar-refractivity contribution in [3.63, 3.8) is 0 Å². The van der Waals surface area contributed by atoms with Crippen LogP contribution in [0.4, 0.5) is 10.5 Å². The Kier molecular flexibility index (Phi) is 5.36. The highest BCUT2D eigenvalue weighted by molar-refractivity contribution is 7.10. The maximum Gasteiger partial charge on any atom is 0.322 e. The van der Waals surface area contributed by atoms with Crippen molar-refractivity contribution >= 4 is 40.6 Å². The molecule has 2 aliphatic heterocycles. The fourth-order valence-corrected chi connectivity index (χ4v) is 4.72. The number of urea groups is 1. The Morgan fingerprint density at radius 2 is 2.15 bits per heavy atom. The lowest BCUT2D eigenvalue weighted by Crippen LogP contribution is -2.52. The van der Waals surface area contributed by atoms with E-state index in [2.05, 4.69) is 5.32 Å². The average Bonchev–Trinajstić information content (AvgIpc) is 3.31. The summed E-state index contributed by atoms with van der Waals surface area (Å²) in [5.41, 5.74) is 2.03. The van der Waals surface area contributed by atoms with Gasteiger partial charge in [-0.25, -0.2) is 4.79 Å². The lowest BCUT2D eigenvalue weighted by atomic mass is 10.1. The van der Waals surface area contributed by atoms with E-state index < -0.39 is 0 Å². The Hall–Kier alpha value is -2.05. The molecule has 0 saturated carbocycles. The summed E-state index contributed by atoms with van der Waals surface area (Å²) in [5, 5.41) is 5.81. The van der Waals surface area contributed by atoms with Crippen LogP contribution in [-0.2, 0) is 17.6 Å². The SMILES string of the molecule is O=C(Cc1cccs1)N1CCCC(NC(=O)N2CCc3cc(Cl)ccc32)C1. The normalized spacial score (nSPS) is 19.1. The number of amides is 3. The fraction of sp³-hybridized carbons (Fsp3) is 0.400. The zero-order valence-electron chi connectivity index (χ0n) is 15.0. The molecule has 0 radical (unpaired) electrons. The largest absolute Gasteiger partial charge is 0.340 e. The summed E-state index contributed by atoms with van der Waals surface area (Å²) in [7, 11) is 0. The summed E-state index contributed by atoms with van der Waals surface area (Å²) in [4.78, 5) is 30.1. The number of benzene rings is 1. The number of carbonyl (C=O) groups excluding carboxylic acids is 2. The van der Waals surface area contributed by atoms with Crippen LogP contribution < -0.4 is 10.2 Å². The Bertz CT molecular complexity index is 840. The molecular formula is C20H22ClN3O2S. The van der Waals surface area contributed by atoms with Crippen molar-refractivity contribution in [2.24, 2.45) is 0 Å². The van der Waals surface area contributed by atoms with Gasteiger partial charge in [-0.1, -0.05) is 17.7 Å². The van der Waals surface area contributed by atoms with Crippen LogP contribution in [0.3, 0.4) is 0 Å². The van der Waals surface area contributed by atoms with E-state index >= 15 is 0 Å². The van der Waals surface area contributed by atoms with Crippen LogP contribution in [0.2, 0.25) is 5.02 Å². The third-order valence-electron chi connectivity index (χ3n) is 5.19. The van der Waals surface area contributed by atoms with Crippen LogP contribution in [0, 0.1) is 0 Å². The van der Waals surface area contributed by atoms with Crippen LogP contribution in [0.5, 0.6) is 0 Å².